The molecule has 1 aliphatic rings. The molecule has 0 saturated carbocycles. The molecule has 0 bridgehead atoms. The molecule has 1 N–H and O–H groups in total. The average molecular weight is 308 g/mol. The van der Waals surface area contributed by atoms with Gasteiger partial charge in [0, 0.05) is 24.8 Å². The molecule has 0 radical (unpaired) electrons. The summed E-state index contributed by atoms with van der Waals surface area (Å²) in [4.78, 5) is 21.1. The number of imidazole rings is 1. The first-order valence-corrected chi connectivity index (χ1v) is 7.14. The summed E-state index contributed by atoms with van der Waals surface area (Å²) in [5.74, 6) is 0.706. The summed E-state index contributed by atoms with van der Waals surface area (Å²) in [5, 5.41) is 0.898. The van der Waals surface area contributed by atoms with E-state index < -0.39 is 0 Å². The summed E-state index contributed by atoms with van der Waals surface area (Å²) in [6.45, 7) is 1.54. The fourth-order valence-corrected chi connectivity index (χ4v) is 2.85. The minimum absolute atomic E-state index is 0.254. The number of amides is 1. The van der Waals surface area contributed by atoms with Gasteiger partial charge in [0.05, 0.1) is 17.4 Å². The fraction of sp³-hybridized carbons (Fsp3) is 0.385. The van der Waals surface area contributed by atoms with Crippen LogP contribution >= 0.6 is 15.9 Å². The van der Waals surface area contributed by atoms with Gasteiger partial charge in [-0.05, 0) is 23.6 Å². The molecule has 1 unspecified atom stereocenters. The second-order valence-electron chi connectivity index (χ2n) is 4.75. The monoisotopic (exact) mass is 307 g/mol. The number of aromatic amines is 1. The minimum atomic E-state index is 0.254. The van der Waals surface area contributed by atoms with Gasteiger partial charge in [-0.2, -0.15) is 0 Å². The molecule has 2 heterocycles. The first-order chi connectivity index (χ1) is 8.76. The van der Waals surface area contributed by atoms with E-state index in [9.17, 15) is 4.79 Å². The maximum absolute atomic E-state index is 11.8. The Labute approximate surface area is 114 Å². The van der Waals surface area contributed by atoms with E-state index in [1.54, 1.807) is 6.33 Å². The van der Waals surface area contributed by atoms with Crippen molar-refractivity contribution in [1.82, 2.24) is 14.9 Å². The van der Waals surface area contributed by atoms with Crippen LogP contribution in [0.3, 0.4) is 0 Å². The topological polar surface area (TPSA) is 49.0 Å². The first-order valence-electron chi connectivity index (χ1n) is 6.02. The van der Waals surface area contributed by atoms with Crippen molar-refractivity contribution in [1.29, 1.82) is 0 Å². The van der Waals surface area contributed by atoms with Crippen molar-refractivity contribution in [3.8, 4) is 0 Å². The molecule has 0 aliphatic carbocycles. The van der Waals surface area contributed by atoms with Gasteiger partial charge in [0.2, 0.25) is 5.91 Å². The first kappa shape index (κ1) is 11.7. The van der Waals surface area contributed by atoms with Crippen LogP contribution in [0.5, 0.6) is 0 Å². The van der Waals surface area contributed by atoms with E-state index in [0.29, 0.717) is 18.9 Å². The number of nitrogens with one attached hydrogen (secondary N) is 1. The number of alkyl halides is 1. The molecule has 1 atom stereocenters. The maximum atomic E-state index is 11.8. The molecule has 3 rings (SSSR count). The zero-order valence-corrected chi connectivity index (χ0v) is 11.5. The summed E-state index contributed by atoms with van der Waals surface area (Å²) in [6, 6.07) is 6.10. The third-order valence-electron chi connectivity index (χ3n) is 3.37. The number of aromatic nitrogens is 2. The molecule has 2 aromatic rings. The quantitative estimate of drug-likeness (QED) is 0.885. The number of carbonyl (C=O) groups is 1. The van der Waals surface area contributed by atoms with Gasteiger partial charge < -0.3 is 9.88 Å². The number of hydrogen-bond acceptors (Lipinski definition) is 2. The van der Waals surface area contributed by atoms with E-state index in [0.717, 1.165) is 28.5 Å². The molecule has 1 amide bonds. The highest BCUT2D eigenvalue weighted by Gasteiger charge is 2.28. The standard InChI is InChI=1S/C13H14BrN3O/c14-5-10-4-13(18)17(7-10)6-9-1-2-11-12(3-9)16-8-15-11/h1-3,8,10H,4-7H2,(H,15,16). The Kier molecular flexibility index (Phi) is 3.07. The van der Waals surface area contributed by atoms with E-state index in [2.05, 4.69) is 32.0 Å². The number of rotatable bonds is 3. The largest absolute Gasteiger partial charge is 0.345 e. The molecule has 0 spiro atoms. The van der Waals surface area contributed by atoms with Crippen LogP contribution in [0.1, 0.15) is 12.0 Å². The van der Waals surface area contributed by atoms with Crippen molar-refractivity contribution < 1.29 is 4.79 Å². The maximum Gasteiger partial charge on any atom is 0.223 e. The molecule has 4 nitrogen and oxygen atoms in total. The van der Waals surface area contributed by atoms with Crippen LogP contribution in [0.15, 0.2) is 24.5 Å². The number of carbonyl (C=O) groups excluding carboxylic acids is 1. The van der Waals surface area contributed by atoms with Crippen molar-refractivity contribution in [2.24, 2.45) is 5.92 Å². The average Bonchev–Trinajstić information content (AvgIpc) is 2.96. The zero-order chi connectivity index (χ0) is 12.5. The van der Waals surface area contributed by atoms with Crippen LogP contribution in [0, 0.1) is 5.92 Å². The molecule has 1 aromatic carbocycles. The molecule has 1 fully saturated rings. The highest BCUT2D eigenvalue weighted by molar-refractivity contribution is 9.09. The van der Waals surface area contributed by atoms with Gasteiger partial charge in [0.25, 0.3) is 0 Å². The molecule has 1 saturated heterocycles. The van der Waals surface area contributed by atoms with E-state index >= 15 is 0 Å². The van der Waals surface area contributed by atoms with Crippen LogP contribution in [-0.2, 0) is 11.3 Å². The lowest BCUT2D eigenvalue weighted by Gasteiger charge is -2.16. The zero-order valence-electron chi connectivity index (χ0n) is 9.90. The van der Waals surface area contributed by atoms with Crippen molar-refractivity contribution in [2.45, 2.75) is 13.0 Å². The van der Waals surface area contributed by atoms with Gasteiger partial charge in [-0.3, -0.25) is 4.79 Å². The number of halogens is 1. The van der Waals surface area contributed by atoms with Crippen molar-refractivity contribution >= 4 is 32.9 Å². The Balaban J connectivity index is 1.77. The smallest absolute Gasteiger partial charge is 0.223 e. The number of fused-ring (bicyclic) bond motifs is 1. The normalized spacial score (nSPS) is 19.9. The lowest BCUT2D eigenvalue weighted by molar-refractivity contribution is -0.128. The molecule has 18 heavy (non-hydrogen) atoms. The summed E-state index contributed by atoms with van der Waals surface area (Å²) in [7, 11) is 0. The van der Waals surface area contributed by atoms with Crippen LogP contribution in [0.4, 0.5) is 0 Å². The highest BCUT2D eigenvalue weighted by atomic mass is 79.9. The molecular weight excluding hydrogens is 294 g/mol. The van der Waals surface area contributed by atoms with Gasteiger partial charge in [0.15, 0.2) is 0 Å². The lowest BCUT2D eigenvalue weighted by Crippen LogP contribution is -2.24. The predicted molar refractivity (Wildman–Crippen MR) is 73.4 cm³/mol. The number of likely N-dealkylation sites (tertiary alicyclic amines) is 1. The van der Waals surface area contributed by atoms with Crippen LogP contribution in [0.2, 0.25) is 0 Å². The van der Waals surface area contributed by atoms with Gasteiger partial charge in [-0.25, -0.2) is 4.98 Å². The Hall–Kier alpha value is -1.36. The SMILES string of the molecule is O=C1CC(CBr)CN1Cc1ccc2nc[nH]c2c1. The lowest BCUT2D eigenvalue weighted by atomic mass is 10.1. The third kappa shape index (κ3) is 2.14. The van der Waals surface area contributed by atoms with Crippen molar-refractivity contribution in [2.75, 3.05) is 11.9 Å². The molecule has 1 aromatic heterocycles. The van der Waals surface area contributed by atoms with Gasteiger partial charge >= 0.3 is 0 Å². The second-order valence-corrected chi connectivity index (χ2v) is 5.40. The van der Waals surface area contributed by atoms with E-state index in [1.165, 1.54) is 0 Å². The van der Waals surface area contributed by atoms with Crippen molar-refractivity contribution in [3.63, 3.8) is 0 Å². The number of nitrogens with zero attached hydrogens (tertiary/aromatic N) is 2. The highest BCUT2D eigenvalue weighted by Crippen LogP contribution is 2.22. The van der Waals surface area contributed by atoms with Gasteiger partial charge in [-0.1, -0.05) is 22.0 Å². The van der Waals surface area contributed by atoms with Gasteiger partial charge in [0.1, 0.15) is 0 Å². The summed E-state index contributed by atoms with van der Waals surface area (Å²) < 4.78 is 0. The van der Waals surface area contributed by atoms with Gasteiger partial charge in [-0.15, -0.1) is 0 Å². The summed E-state index contributed by atoms with van der Waals surface area (Å²) in [5.41, 5.74) is 3.14. The Morgan fingerprint density at radius 3 is 3.17 bits per heavy atom. The van der Waals surface area contributed by atoms with E-state index in [4.69, 9.17) is 0 Å². The molecule has 94 valence electrons. The van der Waals surface area contributed by atoms with Crippen molar-refractivity contribution in [3.05, 3.63) is 30.1 Å². The summed E-state index contributed by atoms with van der Waals surface area (Å²) >= 11 is 3.45. The molecular formula is C13H14BrN3O. The van der Waals surface area contributed by atoms with E-state index in [1.807, 2.05) is 17.0 Å². The van der Waals surface area contributed by atoms with Crippen LogP contribution in [-0.4, -0.2) is 32.6 Å². The Morgan fingerprint density at radius 1 is 1.50 bits per heavy atom. The molecule has 1 aliphatic heterocycles. The predicted octanol–water partition coefficient (Wildman–Crippen LogP) is 2.31. The molecule has 5 heteroatoms. The minimum Gasteiger partial charge on any atom is -0.345 e. The fourth-order valence-electron chi connectivity index (χ4n) is 2.41. The Bertz CT molecular complexity index is 580. The number of benzene rings is 1. The summed E-state index contributed by atoms with van der Waals surface area (Å²) in [6.07, 6.45) is 2.36. The van der Waals surface area contributed by atoms with Crippen LogP contribution < -0.4 is 0 Å². The second kappa shape index (κ2) is 4.72. The third-order valence-corrected chi connectivity index (χ3v) is 4.29. The number of hydrogen-bond donors (Lipinski definition) is 1. The van der Waals surface area contributed by atoms with Crippen LogP contribution in [0.25, 0.3) is 11.0 Å². The Morgan fingerprint density at radius 2 is 2.39 bits per heavy atom. The van der Waals surface area contributed by atoms with E-state index in [-0.39, 0.29) is 5.91 Å². The number of H-pyrrole nitrogens is 1.